The van der Waals surface area contributed by atoms with E-state index >= 15 is 0 Å². The molecule has 44 heavy (non-hydrogen) atoms. The number of allylic oxidation sites excluding steroid dienone is 2. The van der Waals surface area contributed by atoms with Gasteiger partial charge in [-0.2, -0.15) is 0 Å². The Kier molecular flexibility index (Phi) is 10.7. The quantitative estimate of drug-likeness (QED) is 0.0417. The molecule has 0 fully saturated rings. The maximum atomic E-state index is 11.7. The normalized spacial score (nSPS) is 12.5. The van der Waals surface area contributed by atoms with Crippen LogP contribution in [0.15, 0.2) is 60.5 Å². The molecule has 6 rings (SSSR count). The predicted molar refractivity (Wildman–Crippen MR) is 191 cm³/mol. The summed E-state index contributed by atoms with van der Waals surface area (Å²) >= 11 is 1.97. The molecule has 0 saturated carbocycles. The van der Waals surface area contributed by atoms with Crippen molar-refractivity contribution in [2.75, 3.05) is 0 Å². The Labute approximate surface area is 280 Å². The van der Waals surface area contributed by atoms with E-state index in [-0.39, 0.29) is 43.5 Å². The van der Waals surface area contributed by atoms with Crippen LogP contribution in [0.1, 0.15) is 58.3 Å². The summed E-state index contributed by atoms with van der Waals surface area (Å²) in [5.41, 5.74) is 1.09. The van der Waals surface area contributed by atoms with Crippen LogP contribution in [0.4, 0.5) is 0 Å². The van der Waals surface area contributed by atoms with Crippen LogP contribution in [0.3, 0.4) is 0 Å². The number of carbonyl (C=O) groups excluding carboxylic acids is 1. The molecule has 0 aliphatic carbocycles. The summed E-state index contributed by atoms with van der Waals surface area (Å²) in [4.78, 5) is 18.0. The number of nitrogens with zero attached hydrogens (tertiary/aromatic N) is 1. The van der Waals surface area contributed by atoms with E-state index < -0.39 is 8.07 Å². The first-order valence-electron chi connectivity index (χ1n) is 15.8. The summed E-state index contributed by atoms with van der Waals surface area (Å²) < 4.78 is 1.48. The Morgan fingerprint density at radius 1 is 0.932 bits per heavy atom. The Hall–Kier alpha value is -2.63. The first kappa shape index (κ1) is 34.2. The number of aromatic nitrogens is 1. The monoisotopic (exact) mass is 799 g/mol. The van der Waals surface area contributed by atoms with Crippen LogP contribution >= 0.6 is 11.3 Å². The summed E-state index contributed by atoms with van der Waals surface area (Å²) in [5.74, 6) is 0.547. The molecule has 6 heteroatoms. The fourth-order valence-electron chi connectivity index (χ4n) is 6.45. The van der Waals surface area contributed by atoms with Gasteiger partial charge in [0.25, 0.3) is 0 Å². The summed E-state index contributed by atoms with van der Waals surface area (Å²) in [6, 6.07) is 19.2. The summed E-state index contributed by atoms with van der Waals surface area (Å²) in [6.07, 6.45) is 6.87. The summed E-state index contributed by atoms with van der Waals surface area (Å²) in [6.45, 7) is 17.7. The van der Waals surface area contributed by atoms with Crippen molar-refractivity contribution in [2.45, 2.75) is 79.9 Å². The molecule has 0 saturated heterocycles. The van der Waals surface area contributed by atoms with E-state index in [2.05, 4.69) is 75.1 Å². The van der Waals surface area contributed by atoms with Crippen LogP contribution in [0.25, 0.3) is 53.3 Å². The van der Waals surface area contributed by atoms with Crippen LogP contribution in [0.5, 0.6) is 0 Å². The van der Waals surface area contributed by atoms with Gasteiger partial charge in [0.05, 0.1) is 13.8 Å². The van der Waals surface area contributed by atoms with Crippen LogP contribution in [0, 0.1) is 24.8 Å². The zero-order chi connectivity index (χ0) is 31.1. The Bertz CT molecular complexity index is 1960. The molecule has 0 aliphatic heterocycles. The van der Waals surface area contributed by atoms with E-state index in [9.17, 15) is 9.90 Å². The van der Waals surface area contributed by atoms with Crippen LogP contribution < -0.4 is 5.19 Å². The van der Waals surface area contributed by atoms with Crippen molar-refractivity contribution < 1.29 is 30.0 Å². The standard InChI is InChI=1S/C25H20NSSi.C13H24O2.Ir/c1-14-21-18-11-15-7-5-6-8-16(15)12-19(18)24-22-17(9-10-26-24)13-20(28(2,3)4)25(27-14)23(21)22;1-5-10(6-2)12(14)9-13(15)11(7-3)8-4;/h5-11,13H,1-4H3;9-11,14H,5-8H2,1-4H3;/q-1;;/b;12-9-;. The number of rotatable bonds is 8. The second kappa shape index (κ2) is 13.8. The molecule has 2 heterocycles. The van der Waals surface area contributed by atoms with Crippen molar-refractivity contribution >= 4 is 83.7 Å². The maximum Gasteiger partial charge on any atom is 0.162 e. The Morgan fingerprint density at radius 3 is 2.23 bits per heavy atom. The van der Waals surface area contributed by atoms with Gasteiger partial charge in [-0.1, -0.05) is 87.8 Å². The number of aliphatic hydroxyl groups is 1. The molecule has 0 atom stereocenters. The number of hydrogen-bond acceptors (Lipinski definition) is 4. The molecular formula is C38H44IrNO2SSi-. The molecule has 233 valence electrons. The Morgan fingerprint density at radius 2 is 1.59 bits per heavy atom. The first-order valence-corrected chi connectivity index (χ1v) is 20.1. The predicted octanol–water partition coefficient (Wildman–Crippen LogP) is 10.9. The van der Waals surface area contributed by atoms with Gasteiger partial charge in [0.2, 0.25) is 0 Å². The molecule has 2 aromatic heterocycles. The average Bonchev–Trinajstić information content (AvgIpc) is 3.33. The second-order valence-electron chi connectivity index (χ2n) is 12.8. The van der Waals surface area contributed by atoms with Crippen LogP contribution in [-0.4, -0.2) is 23.9 Å². The summed E-state index contributed by atoms with van der Waals surface area (Å²) in [5, 5.41) is 21.7. The number of carbonyl (C=O) groups is 1. The number of aliphatic hydroxyl groups excluding tert-OH is 1. The number of thiophene rings is 1. The number of hydrogen-bond donors (Lipinski definition) is 1. The van der Waals surface area contributed by atoms with E-state index in [0.29, 0.717) is 0 Å². The molecule has 1 radical (unpaired) electrons. The van der Waals surface area contributed by atoms with Gasteiger partial charge in [-0.25, -0.2) is 0 Å². The van der Waals surface area contributed by atoms with Crippen molar-refractivity contribution in [1.29, 1.82) is 0 Å². The van der Waals surface area contributed by atoms with Gasteiger partial charge < -0.3 is 5.11 Å². The molecule has 1 N–H and O–H groups in total. The minimum Gasteiger partial charge on any atom is -0.512 e. The number of benzene rings is 4. The second-order valence-corrected chi connectivity index (χ2v) is 19.1. The number of pyridine rings is 1. The molecule has 0 amide bonds. The van der Waals surface area contributed by atoms with E-state index in [4.69, 9.17) is 4.98 Å². The maximum absolute atomic E-state index is 11.7. The number of aryl methyl sites for hydroxylation is 1. The molecule has 3 nitrogen and oxygen atoms in total. The topological polar surface area (TPSA) is 50.2 Å². The van der Waals surface area contributed by atoms with Gasteiger partial charge in [0, 0.05) is 59.3 Å². The van der Waals surface area contributed by atoms with E-state index in [1.807, 2.05) is 45.2 Å². The minimum atomic E-state index is -1.47. The van der Waals surface area contributed by atoms with Crippen LogP contribution in [0.2, 0.25) is 19.6 Å². The Balaban J connectivity index is 0.000000239. The average molecular weight is 799 g/mol. The fourth-order valence-corrected chi connectivity index (χ4v) is 10.0. The van der Waals surface area contributed by atoms with Crippen molar-refractivity contribution in [2.24, 2.45) is 11.8 Å². The van der Waals surface area contributed by atoms with Crippen molar-refractivity contribution in [3.63, 3.8) is 0 Å². The van der Waals surface area contributed by atoms with E-state index in [1.165, 1.54) is 48.0 Å². The third-order valence-electron chi connectivity index (χ3n) is 9.05. The first-order chi connectivity index (χ1) is 20.5. The van der Waals surface area contributed by atoms with Gasteiger partial charge in [-0.15, -0.1) is 34.9 Å². The van der Waals surface area contributed by atoms with Crippen molar-refractivity contribution in [1.82, 2.24) is 4.98 Å². The molecule has 0 unspecified atom stereocenters. The minimum absolute atomic E-state index is 0. The SMILES string of the molecule is CCC(CC)C(=O)/C=C(\O)C(CC)CC.Cc1sc2c([Si](C)(C)C)cc3ccnc4c5[c-]c6ccccc6cc5c1c2c34.[Ir]. The van der Waals surface area contributed by atoms with Gasteiger partial charge in [0.15, 0.2) is 5.78 Å². The van der Waals surface area contributed by atoms with Gasteiger partial charge in [-0.3, -0.25) is 9.78 Å². The van der Waals surface area contributed by atoms with Gasteiger partial charge >= 0.3 is 0 Å². The number of fused-ring (bicyclic) bond motifs is 4. The third-order valence-corrected chi connectivity index (χ3v) is 12.4. The zero-order valence-electron chi connectivity index (χ0n) is 27.2. The third kappa shape index (κ3) is 6.24. The molecule has 0 aliphatic rings. The number of ketones is 1. The molecule has 6 aromatic rings. The van der Waals surface area contributed by atoms with Crippen molar-refractivity contribution in [3.05, 3.63) is 71.4 Å². The smallest absolute Gasteiger partial charge is 0.162 e. The molecule has 4 aromatic carbocycles. The van der Waals surface area contributed by atoms with Gasteiger partial charge in [0.1, 0.15) is 0 Å². The zero-order valence-corrected chi connectivity index (χ0v) is 31.4. The van der Waals surface area contributed by atoms with E-state index in [1.54, 1.807) is 5.19 Å². The van der Waals surface area contributed by atoms with Crippen LogP contribution in [-0.2, 0) is 24.9 Å². The van der Waals surface area contributed by atoms with Crippen molar-refractivity contribution in [3.8, 4) is 0 Å². The van der Waals surface area contributed by atoms with E-state index in [0.717, 1.165) is 42.0 Å². The van der Waals surface area contributed by atoms with Gasteiger partial charge in [-0.05, 0) is 65.4 Å². The largest absolute Gasteiger partial charge is 0.512 e. The molecule has 0 bridgehead atoms. The molecule has 0 spiro atoms. The summed E-state index contributed by atoms with van der Waals surface area (Å²) in [7, 11) is -1.47. The fraction of sp³-hybridized carbons (Fsp3) is 0.368. The molecular weight excluding hydrogens is 755 g/mol.